The molecule has 0 spiro atoms. The van der Waals surface area contributed by atoms with Crippen molar-refractivity contribution in [2.75, 3.05) is 26.3 Å². The highest BCUT2D eigenvalue weighted by Crippen LogP contribution is 2.56. The minimum Gasteiger partial charge on any atom is -0.492 e. The number of cyclic esters (lactones) is 1. The van der Waals surface area contributed by atoms with Crippen LogP contribution in [0, 0.1) is 0 Å². The summed E-state index contributed by atoms with van der Waals surface area (Å²) in [5.41, 5.74) is -5.04. The molecule has 164 valence electrons. The predicted octanol–water partition coefficient (Wildman–Crippen LogP) is 3.38. The lowest BCUT2D eigenvalue weighted by Crippen LogP contribution is -2.41. The molecule has 2 aromatic carbocycles. The Kier molecular flexibility index (Phi) is 5.04. The predicted molar refractivity (Wildman–Crippen MR) is 101 cm³/mol. The fourth-order valence-corrected chi connectivity index (χ4v) is 3.98. The number of benzene rings is 2. The van der Waals surface area contributed by atoms with Crippen molar-refractivity contribution in [1.29, 1.82) is 0 Å². The first-order chi connectivity index (χ1) is 14.6. The topological polar surface area (TPSA) is 96.3 Å². The molecule has 1 heterocycles. The highest BCUT2D eigenvalue weighted by atomic mass is 19.4. The number of alkyl halides is 3. The number of aromatic carboxylic acids is 1. The van der Waals surface area contributed by atoms with Crippen LogP contribution in [-0.2, 0) is 10.3 Å². The third-order valence-corrected chi connectivity index (χ3v) is 5.41. The van der Waals surface area contributed by atoms with E-state index in [1.165, 1.54) is 23.1 Å². The number of aliphatic hydroxyl groups is 1. The van der Waals surface area contributed by atoms with Crippen LogP contribution < -0.4 is 4.74 Å². The van der Waals surface area contributed by atoms with Gasteiger partial charge >= 0.3 is 18.2 Å². The van der Waals surface area contributed by atoms with E-state index in [1.807, 2.05) is 0 Å². The second kappa shape index (κ2) is 7.45. The lowest BCUT2D eigenvalue weighted by atomic mass is 9.90. The van der Waals surface area contributed by atoms with Crippen LogP contribution in [0.4, 0.5) is 18.0 Å². The zero-order valence-electron chi connectivity index (χ0n) is 16.1. The van der Waals surface area contributed by atoms with Gasteiger partial charge in [0.15, 0.2) is 0 Å². The first kappa shape index (κ1) is 21.0. The third-order valence-electron chi connectivity index (χ3n) is 5.41. The van der Waals surface area contributed by atoms with Crippen molar-refractivity contribution in [1.82, 2.24) is 4.90 Å². The van der Waals surface area contributed by atoms with Gasteiger partial charge in [-0.1, -0.05) is 24.3 Å². The maximum Gasteiger partial charge on any atom is 0.425 e. The van der Waals surface area contributed by atoms with E-state index >= 15 is 0 Å². The van der Waals surface area contributed by atoms with Crippen LogP contribution in [0.1, 0.15) is 27.9 Å². The Morgan fingerprint density at radius 3 is 2.65 bits per heavy atom. The van der Waals surface area contributed by atoms with Gasteiger partial charge < -0.3 is 24.6 Å². The van der Waals surface area contributed by atoms with Crippen LogP contribution in [0.2, 0.25) is 0 Å². The van der Waals surface area contributed by atoms with Gasteiger partial charge in [0.05, 0.1) is 18.7 Å². The fraction of sp³-hybridized carbons (Fsp3) is 0.333. The molecule has 31 heavy (non-hydrogen) atoms. The summed E-state index contributed by atoms with van der Waals surface area (Å²) in [5, 5.41) is 20.4. The number of carbonyl (C=O) groups excluding carboxylic acids is 1. The molecular formula is C21H18F3NO6. The molecule has 1 atom stereocenters. The average Bonchev–Trinajstić information content (AvgIpc) is 2.99. The number of fused-ring (bicyclic) bond motifs is 3. The molecule has 2 aliphatic rings. The second-order valence-corrected chi connectivity index (χ2v) is 7.26. The van der Waals surface area contributed by atoms with Crippen LogP contribution >= 0.6 is 0 Å². The van der Waals surface area contributed by atoms with Gasteiger partial charge in [-0.25, -0.2) is 9.59 Å². The Hall–Kier alpha value is -3.27. The molecule has 0 aromatic heterocycles. The summed E-state index contributed by atoms with van der Waals surface area (Å²) in [4.78, 5) is 24.9. The number of hydrogen-bond acceptors (Lipinski definition) is 5. The number of amides is 1. The Balaban J connectivity index is 1.73. The zero-order valence-corrected chi connectivity index (χ0v) is 16.1. The van der Waals surface area contributed by atoms with E-state index in [1.54, 1.807) is 0 Å². The maximum atomic E-state index is 14.0. The van der Waals surface area contributed by atoms with Crippen molar-refractivity contribution in [2.24, 2.45) is 0 Å². The second-order valence-electron chi connectivity index (χ2n) is 7.26. The maximum absolute atomic E-state index is 14.0. The molecule has 1 fully saturated rings. The van der Waals surface area contributed by atoms with Crippen molar-refractivity contribution in [3.63, 3.8) is 0 Å². The minimum absolute atomic E-state index is 0.00247. The Labute approximate surface area is 174 Å². The Morgan fingerprint density at radius 1 is 1.23 bits per heavy atom. The third kappa shape index (κ3) is 3.36. The van der Waals surface area contributed by atoms with Gasteiger partial charge in [0.1, 0.15) is 12.4 Å². The molecule has 1 saturated heterocycles. The molecule has 0 radical (unpaired) electrons. The zero-order chi connectivity index (χ0) is 22.4. The number of halogens is 3. The van der Waals surface area contributed by atoms with Gasteiger partial charge in [-0.05, 0) is 24.1 Å². The highest BCUT2D eigenvalue weighted by molar-refractivity contribution is 6.00. The summed E-state index contributed by atoms with van der Waals surface area (Å²) < 4.78 is 52.4. The first-order valence-corrected chi connectivity index (χ1v) is 9.50. The molecule has 2 aromatic rings. The molecule has 1 aliphatic carbocycles. The van der Waals surface area contributed by atoms with E-state index in [4.69, 9.17) is 9.47 Å². The quantitative estimate of drug-likeness (QED) is 0.745. The SMILES string of the molecule is O=C(O)c1cc(OCCN2CCCOC2=O)cc2c1-c1ccccc1C2(O)C(F)(F)F. The van der Waals surface area contributed by atoms with Gasteiger partial charge in [-0.3, -0.25) is 0 Å². The lowest BCUT2D eigenvalue weighted by molar-refractivity contribution is -0.246. The fourth-order valence-electron chi connectivity index (χ4n) is 3.98. The van der Waals surface area contributed by atoms with Gasteiger partial charge in [-0.2, -0.15) is 13.2 Å². The molecule has 10 heteroatoms. The summed E-state index contributed by atoms with van der Waals surface area (Å²) in [5.74, 6) is -1.61. The number of carboxylic acids is 1. The molecule has 7 nitrogen and oxygen atoms in total. The number of nitrogens with zero attached hydrogens (tertiary/aromatic N) is 1. The van der Waals surface area contributed by atoms with Crippen molar-refractivity contribution in [2.45, 2.75) is 18.2 Å². The number of ether oxygens (including phenoxy) is 2. The van der Waals surface area contributed by atoms with Crippen LogP contribution in [0.5, 0.6) is 5.75 Å². The molecule has 2 N–H and O–H groups in total. The number of rotatable bonds is 5. The molecule has 1 aliphatic heterocycles. The van der Waals surface area contributed by atoms with Crippen molar-refractivity contribution >= 4 is 12.1 Å². The number of carbonyl (C=O) groups is 2. The van der Waals surface area contributed by atoms with E-state index in [-0.39, 0.29) is 30.0 Å². The van der Waals surface area contributed by atoms with E-state index in [0.717, 1.165) is 18.2 Å². The van der Waals surface area contributed by atoms with E-state index in [2.05, 4.69) is 0 Å². The van der Waals surface area contributed by atoms with Gasteiger partial charge in [0, 0.05) is 23.2 Å². The number of hydrogen-bond donors (Lipinski definition) is 2. The van der Waals surface area contributed by atoms with Gasteiger partial charge in [0.2, 0.25) is 5.60 Å². The van der Waals surface area contributed by atoms with Crippen molar-refractivity contribution in [3.05, 3.63) is 53.1 Å². The van der Waals surface area contributed by atoms with Gasteiger partial charge in [-0.15, -0.1) is 0 Å². The normalized spacial score (nSPS) is 20.1. The largest absolute Gasteiger partial charge is 0.492 e. The molecule has 1 unspecified atom stereocenters. The van der Waals surface area contributed by atoms with E-state index in [9.17, 15) is 33.0 Å². The molecule has 0 bridgehead atoms. The Morgan fingerprint density at radius 2 is 1.97 bits per heavy atom. The average molecular weight is 437 g/mol. The summed E-state index contributed by atoms with van der Waals surface area (Å²) in [6, 6.07) is 7.40. The summed E-state index contributed by atoms with van der Waals surface area (Å²) in [6.07, 6.45) is -4.97. The molecular weight excluding hydrogens is 419 g/mol. The van der Waals surface area contributed by atoms with Crippen LogP contribution in [-0.4, -0.2) is 59.7 Å². The van der Waals surface area contributed by atoms with Crippen molar-refractivity contribution in [3.8, 4) is 16.9 Å². The standard InChI is InChI=1S/C21H18F3NO6/c22-21(23,24)20(29)15-5-2-1-4-13(15)17-14(18(26)27)10-12(11-16(17)20)30-9-7-25-6-3-8-31-19(25)28/h1-2,4-5,10-11,29H,3,6-9H2,(H,26,27). The molecule has 1 amide bonds. The van der Waals surface area contributed by atoms with Crippen LogP contribution in [0.15, 0.2) is 36.4 Å². The van der Waals surface area contributed by atoms with E-state index in [0.29, 0.717) is 19.6 Å². The van der Waals surface area contributed by atoms with Crippen LogP contribution in [0.25, 0.3) is 11.1 Å². The smallest absolute Gasteiger partial charge is 0.425 e. The van der Waals surface area contributed by atoms with Gasteiger partial charge in [0.25, 0.3) is 0 Å². The Bertz CT molecular complexity index is 1050. The molecule has 0 saturated carbocycles. The molecule has 4 rings (SSSR count). The summed E-state index contributed by atoms with van der Waals surface area (Å²) in [6.45, 7) is 0.794. The first-order valence-electron chi connectivity index (χ1n) is 9.50. The summed E-state index contributed by atoms with van der Waals surface area (Å²) in [7, 11) is 0. The minimum atomic E-state index is -5.10. The summed E-state index contributed by atoms with van der Waals surface area (Å²) >= 11 is 0. The van der Waals surface area contributed by atoms with Crippen LogP contribution in [0.3, 0.4) is 0 Å². The van der Waals surface area contributed by atoms with E-state index < -0.39 is 40.5 Å². The lowest BCUT2D eigenvalue weighted by Gasteiger charge is -2.29. The monoisotopic (exact) mass is 437 g/mol. The van der Waals surface area contributed by atoms with Crippen molar-refractivity contribution < 1.29 is 42.4 Å². The number of carboxylic acid groups (broad SMARTS) is 1. The highest BCUT2D eigenvalue weighted by Gasteiger charge is 2.61.